The summed E-state index contributed by atoms with van der Waals surface area (Å²) in [4.78, 5) is 45.3. The molecule has 6 aromatic rings. The van der Waals surface area contributed by atoms with Crippen LogP contribution in [0.25, 0.3) is 34.4 Å². The molecule has 4 heterocycles. The van der Waals surface area contributed by atoms with Gasteiger partial charge in [-0.05, 0) is 83.9 Å². The number of anilines is 2. The van der Waals surface area contributed by atoms with E-state index in [9.17, 15) is 9.59 Å². The van der Waals surface area contributed by atoms with Crippen molar-refractivity contribution >= 4 is 117 Å². The van der Waals surface area contributed by atoms with Crippen LogP contribution in [0, 0.1) is 0 Å². The van der Waals surface area contributed by atoms with E-state index in [0.717, 1.165) is 11.6 Å². The highest BCUT2D eigenvalue weighted by atomic mass is 35.5. The first-order chi connectivity index (χ1) is 30.5. The van der Waals surface area contributed by atoms with Crippen LogP contribution < -0.4 is 9.80 Å². The Kier molecular flexibility index (Phi) is 14.5. The first-order valence-electron chi connectivity index (χ1n) is 20.0. The number of carbonyl (C=O) groups is 2. The minimum atomic E-state index is -0.113. The average molecular weight is 976 g/mol. The van der Waals surface area contributed by atoms with Gasteiger partial charge in [0.15, 0.2) is 0 Å². The molecule has 2 fully saturated rings. The molecule has 0 unspecified atom stereocenters. The lowest BCUT2D eigenvalue weighted by molar-refractivity contribution is -0.127. The van der Waals surface area contributed by atoms with Crippen LogP contribution in [0.4, 0.5) is 11.6 Å². The van der Waals surface area contributed by atoms with Crippen molar-refractivity contribution in [3.8, 4) is 22.3 Å². The molecular formula is C48H38Cl6N6O2S. The number of piperazine rings is 2. The van der Waals surface area contributed by atoms with Gasteiger partial charge in [0, 0.05) is 129 Å². The molecule has 0 bridgehead atoms. The lowest BCUT2D eigenvalue weighted by Crippen LogP contribution is -2.48. The van der Waals surface area contributed by atoms with Crippen molar-refractivity contribution in [2.24, 2.45) is 0 Å². The summed E-state index contributed by atoms with van der Waals surface area (Å²) < 4.78 is 0. The van der Waals surface area contributed by atoms with E-state index in [2.05, 4.69) is 19.8 Å². The summed E-state index contributed by atoms with van der Waals surface area (Å²) in [5.74, 6) is 1.56. The summed E-state index contributed by atoms with van der Waals surface area (Å²) >= 11 is 42.3. The number of pyridine rings is 2. The second-order valence-electron chi connectivity index (χ2n) is 14.7. The normalized spacial score (nSPS) is 14.6. The molecule has 0 atom stereocenters. The fourth-order valence-corrected chi connectivity index (χ4v) is 10.2. The van der Waals surface area contributed by atoms with Crippen molar-refractivity contribution in [1.82, 2.24) is 19.8 Å². The zero-order valence-corrected chi connectivity index (χ0v) is 38.9. The molecule has 2 amide bonds. The van der Waals surface area contributed by atoms with Gasteiger partial charge in [-0.25, -0.2) is 9.97 Å². The van der Waals surface area contributed by atoms with Crippen molar-refractivity contribution in [3.63, 3.8) is 0 Å². The van der Waals surface area contributed by atoms with Crippen molar-refractivity contribution in [2.45, 2.75) is 9.79 Å². The first-order valence-corrected chi connectivity index (χ1v) is 23.1. The zero-order valence-electron chi connectivity index (χ0n) is 33.5. The smallest absolute Gasteiger partial charge is 0.246 e. The third-order valence-electron chi connectivity index (χ3n) is 10.8. The van der Waals surface area contributed by atoms with E-state index in [1.54, 1.807) is 61.0 Å². The monoisotopic (exact) mass is 972 g/mol. The van der Waals surface area contributed by atoms with Gasteiger partial charge in [-0.3, -0.25) is 9.59 Å². The van der Waals surface area contributed by atoms with Gasteiger partial charge in [-0.2, -0.15) is 0 Å². The second kappa shape index (κ2) is 20.4. The van der Waals surface area contributed by atoms with Gasteiger partial charge in [0.05, 0.1) is 10.0 Å². The summed E-state index contributed by atoms with van der Waals surface area (Å²) in [6.07, 6.45) is 10.2. The third-order valence-corrected chi connectivity index (χ3v) is 14.1. The van der Waals surface area contributed by atoms with Gasteiger partial charge in [0.1, 0.15) is 11.6 Å². The second-order valence-corrected chi connectivity index (χ2v) is 18.2. The molecule has 0 saturated carbocycles. The maximum atomic E-state index is 13.5. The number of hydrogen-bond donors (Lipinski definition) is 0. The molecule has 2 saturated heterocycles. The van der Waals surface area contributed by atoms with Crippen molar-refractivity contribution in [1.29, 1.82) is 0 Å². The molecule has 320 valence electrons. The van der Waals surface area contributed by atoms with Gasteiger partial charge in [-0.1, -0.05) is 118 Å². The minimum absolute atomic E-state index is 0.113. The number of carbonyl (C=O) groups excluding carboxylic acids is 2. The maximum Gasteiger partial charge on any atom is 0.246 e. The highest BCUT2D eigenvalue weighted by Crippen LogP contribution is 2.48. The molecule has 2 aliphatic heterocycles. The molecule has 8 rings (SSSR count). The molecule has 2 aliphatic rings. The van der Waals surface area contributed by atoms with E-state index in [-0.39, 0.29) is 11.8 Å². The number of nitrogens with zero attached hydrogens (tertiary/aromatic N) is 6. The van der Waals surface area contributed by atoms with Crippen LogP contribution in [-0.4, -0.2) is 83.9 Å². The third kappa shape index (κ3) is 10.5. The average Bonchev–Trinajstić information content (AvgIpc) is 3.30. The summed E-state index contributed by atoms with van der Waals surface area (Å²) in [6.45, 7) is 4.95. The maximum absolute atomic E-state index is 13.5. The van der Waals surface area contributed by atoms with Crippen molar-refractivity contribution in [3.05, 3.63) is 163 Å². The molecule has 0 spiro atoms. The van der Waals surface area contributed by atoms with Gasteiger partial charge in [0.2, 0.25) is 11.8 Å². The lowest BCUT2D eigenvalue weighted by Gasteiger charge is -2.34. The van der Waals surface area contributed by atoms with Crippen LogP contribution >= 0.6 is 81.4 Å². The molecular weight excluding hydrogens is 937 g/mol. The number of aromatic nitrogens is 2. The summed E-state index contributed by atoms with van der Waals surface area (Å²) in [6, 6.07) is 29.7. The quantitative estimate of drug-likeness (QED) is 0.127. The molecule has 8 nitrogen and oxygen atoms in total. The Morgan fingerprint density at radius 1 is 0.508 bits per heavy atom. The molecule has 15 heteroatoms. The van der Waals surface area contributed by atoms with Crippen LogP contribution in [0.1, 0.15) is 11.1 Å². The number of amides is 2. The van der Waals surface area contributed by atoms with Gasteiger partial charge in [-0.15, -0.1) is 0 Å². The standard InChI is InChI=1S/C48H38Cl6N6O2S/c49-33-11-13-35(37(51)29-33)45-31(9-17-43(61)59-25-21-57(22-26-59)41-5-1-3-19-55-41)7-15-39(47(45)53)63-40-16-8-32(46(48(40)54)36-14-12-34(50)30-38(36)52)10-18-44(62)60-27-23-58(24-28-60)42-6-2-4-20-56-42/h1-20,29-30H,21-28H2. The lowest BCUT2D eigenvalue weighted by atomic mass is 9.98. The Balaban J connectivity index is 1.07. The topological polar surface area (TPSA) is 72.9 Å². The number of rotatable bonds is 10. The van der Waals surface area contributed by atoms with E-state index in [0.29, 0.717) is 126 Å². The van der Waals surface area contributed by atoms with E-state index in [1.165, 1.54) is 11.8 Å². The minimum Gasteiger partial charge on any atom is -0.353 e. The van der Waals surface area contributed by atoms with Gasteiger partial charge >= 0.3 is 0 Å². The number of halogens is 6. The Morgan fingerprint density at radius 3 is 1.29 bits per heavy atom. The van der Waals surface area contributed by atoms with Crippen molar-refractivity contribution < 1.29 is 9.59 Å². The SMILES string of the molecule is O=C(C=Cc1ccc(Sc2ccc(C=CC(=O)N3CCN(c4ccccn4)CC3)c(-c3ccc(Cl)cc3Cl)c2Cl)c(Cl)c1-c1ccc(Cl)cc1Cl)N1CCN(c2ccccn2)CC1. The van der Waals surface area contributed by atoms with Gasteiger partial charge in [0.25, 0.3) is 0 Å². The number of hydrogen-bond acceptors (Lipinski definition) is 7. The molecule has 0 radical (unpaired) electrons. The summed E-state index contributed by atoms with van der Waals surface area (Å²) in [5, 5.41) is 2.56. The molecule has 4 aromatic carbocycles. The Labute approximate surface area is 400 Å². The predicted molar refractivity (Wildman–Crippen MR) is 262 cm³/mol. The Bertz CT molecular complexity index is 2520. The first kappa shape index (κ1) is 44.9. The van der Waals surface area contributed by atoms with Crippen LogP contribution in [0.5, 0.6) is 0 Å². The highest BCUT2D eigenvalue weighted by Gasteiger charge is 2.24. The largest absolute Gasteiger partial charge is 0.353 e. The van der Waals surface area contributed by atoms with E-state index in [4.69, 9.17) is 69.6 Å². The van der Waals surface area contributed by atoms with E-state index in [1.807, 2.05) is 82.6 Å². The zero-order chi connectivity index (χ0) is 44.0. The number of benzene rings is 4. The van der Waals surface area contributed by atoms with E-state index < -0.39 is 0 Å². The molecule has 0 N–H and O–H groups in total. The molecule has 0 aliphatic carbocycles. The van der Waals surface area contributed by atoms with E-state index >= 15 is 0 Å². The van der Waals surface area contributed by atoms with Crippen molar-refractivity contribution in [2.75, 3.05) is 62.2 Å². The fourth-order valence-electron chi connectivity index (χ4n) is 7.56. The van der Waals surface area contributed by atoms with Crippen LogP contribution in [0.2, 0.25) is 30.1 Å². The predicted octanol–water partition coefficient (Wildman–Crippen LogP) is 12.6. The Morgan fingerprint density at radius 2 is 0.921 bits per heavy atom. The van der Waals surface area contributed by atoms with Gasteiger partial charge < -0.3 is 19.6 Å². The van der Waals surface area contributed by atoms with Crippen LogP contribution in [0.15, 0.2) is 131 Å². The fraction of sp³-hybridized carbons (Fsp3) is 0.167. The van der Waals surface area contributed by atoms with Crippen LogP contribution in [0.3, 0.4) is 0 Å². The Hall–Kier alpha value is -4.71. The summed E-state index contributed by atoms with van der Waals surface area (Å²) in [5.41, 5.74) is 3.93. The molecule has 63 heavy (non-hydrogen) atoms. The van der Waals surface area contributed by atoms with Crippen LogP contribution in [-0.2, 0) is 9.59 Å². The molecule has 2 aromatic heterocycles. The summed E-state index contributed by atoms with van der Waals surface area (Å²) in [7, 11) is 0. The highest BCUT2D eigenvalue weighted by molar-refractivity contribution is 7.99.